The quantitative estimate of drug-likeness (QED) is 0.803. The first kappa shape index (κ1) is 13.6. The molecule has 0 aliphatic carbocycles. The van der Waals surface area contributed by atoms with E-state index in [4.69, 9.17) is 4.74 Å². The predicted octanol–water partition coefficient (Wildman–Crippen LogP) is 2.79. The van der Waals surface area contributed by atoms with Gasteiger partial charge in [-0.3, -0.25) is 4.79 Å². The van der Waals surface area contributed by atoms with Gasteiger partial charge in [-0.2, -0.15) is 0 Å². The first-order valence-electron chi connectivity index (χ1n) is 5.99. The number of nitrogens with zero attached hydrogens (tertiary/aromatic N) is 1. The molecule has 17 heavy (non-hydrogen) atoms. The van der Waals surface area contributed by atoms with Gasteiger partial charge in [-0.15, -0.1) is 0 Å². The molecule has 0 saturated heterocycles. The van der Waals surface area contributed by atoms with Crippen LogP contribution in [0.4, 0.5) is 0 Å². The molecule has 0 unspecified atom stereocenters. The van der Waals surface area contributed by atoms with Crippen LogP contribution in [-0.2, 0) is 0 Å². The van der Waals surface area contributed by atoms with Crippen LogP contribution in [0.2, 0.25) is 0 Å². The van der Waals surface area contributed by atoms with Gasteiger partial charge < -0.3 is 9.64 Å². The standard InChI is InChI=1S/C14H21NO2/c1-6-15(7-2)14(16)12-9-10(3)8-11(4)13(12)17-5/h8-9H,6-7H2,1-5H3. The van der Waals surface area contributed by atoms with Crippen LogP contribution in [0, 0.1) is 13.8 Å². The summed E-state index contributed by atoms with van der Waals surface area (Å²) >= 11 is 0. The zero-order chi connectivity index (χ0) is 13.0. The lowest BCUT2D eigenvalue weighted by Crippen LogP contribution is -2.30. The monoisotopic (exact) mass is 235 g/mol. The van der Waals surface area contributed by atoms with Crippen molar-refractivity contribution in [3.8, 4) is 5.75 Å². The van der Waals surface area contributed by atoms with Crippen molar-refractivity contribution in [2.24, 2.45) is 0 Å². The second kappa shape index (κ2) is 5.71. The van der Waals surface area contributed by atoms with Crippen molar-refractivity contribution in [1.29, 1.82) is 0 Å². The van der Waals surface area contributed by atoms with Gasteiger partial charge >= 0.3 is 0 Å². The molecule has 0 atom stereocenters. The van der Waals surface area contributed by atoms with Crippen molar-refractivity contribution in [3.63, 3.8) is 0 Å². The van der Waals surface area contributed by atoms with Crippen LogP contribution in [0.1, 0.15) is 35.3 Å². The molecule has 1 aromatic rings. The molecular formula is C14H21NO2. The minimum atomic E-state index is 0.0404. The molecule has 0 N–H and O–H groups in total. The topological polar surface area (TPSA) is 29.5 Å². The number of carbonyl (C=O) groups is 1. The summed E-state index contributed by atoms with van der Waals surface area (Å²) in [6.45, 7) is 9.35. The van der Waals surface area contributed by atoms with E-state index in [1.54, 1.807) is 12.0 Å². The Labute approximate surface area is 103 Å². The van der Waals surface area contributed by atoms with E-state index < -0.39 is 0 Å². The first-order chi connectivity index (χ1) is 8.04. The van der Waals surface area contributed by atoms with Gasteiger partial charge in [0, 0.05) is 13.1 Å². The Bertz CT molecular complexity index is 409. The Kier molecular flexibility index (Phi) is 4.55. The molecular weight excluding hydrogens is 214 g/mol. The summed E-state index contributed by atoms with van der Waals surface area (Å²) in [4.78, 5) is 14.1. The van der Waals surface area contributed by atoms with E-state index in [9.17, 15) is 4.79 Å². The minimum Gasteiger partial charge on any atom is -0.496 e. The third-order valence-corrected chi connectivity index (χ3v) is 2.90. The maximum absolute atomic E-state index is 12.3. The summed E-state index contributed by atoms with van der Waals surface area (Å²) in [6, 6.07) is 3.92. The van der Waals surface area contributed by atoms with E-state index in [-0.39, 0.29) is 5.91 Å². The third kappa shape index (κ3) is 2.78. The average molecular weight is 235 g/mol. The molecule has 3 nitrogen and oxygen atoms in total. The summed E-state index contributed by atoms with van der Waals surface area (Å²) in [5, 5.41) is 0. The molecule has 1 amide bonds. The van der Waals surface area contributed by atoms with Crippen LogP contribution in [-0.4, -0.2) is 31.0 Å². The summed E-state index contributed by atoms with van der Waals surface area (Å²) in [5.74, 6) is 0.728. The summed E-state index contributed by atoms with van der Waals surface area (Å²) in [6.07, 6.45) is 0. The van der Waals surface area contributed by atoms with Gasteiger partial charge in [0.15, 0.2) is 0 Å². The number of hydrogen-bond acceptors (Lipinski definition) is 2. The Morgan fingerprint density at radius 1 is 1.24 bits per heavy atom. The van der Waals surface area contributed by atoms with E-state index in [1.165, 1.54) is 0 Å². The van der Waals surface area contributed by atoms with E-state index in [2.05, 4.69) is 0 Å². The van der Waals surface area contributed by atoms with E-state index in [0.29, 0.717) is 24.4 Å². The number of carbonyl (C=O) groups excluding carboxylic acids is 1. The Balaban J connectivity index is 3.24. The van der Waals surface area contributed by atoms with Crippen LogP contribution in [0.15, 0.2) is 12.1 Å². The molecule has 0 aliphatic heterocycles. The fraction of sp³-hybridized carbons (Fsp3) is 0.500. The molecule has 0 bridgehead atoms. The van der Waals surface area contributed by atoms with Crippen molar-refractivity contribution in [1.82, 2.24) is 4.90 Å². The summed E-state index contributed by atoms with van der Waals surface area (Å²) in [7, 11) is 1.61. The largest absolute Gasteiger partial charge is 0.496 e. The average Bonchev–Trinajstić information content (AvgIpc) is 2.29. The second-order valence-corrected chi connectivity index (χ2v) is 4.14. The maximum atomic E-state index is 12.3. The van der Waals surface area contributed by atoms with E-state index in [0.717, 1.165) is 11.1 Å². The zero-order valence-corrected chi connectivity index (χ0v) is 11.3. The van der Waals surface area contributed by atoms with Crippen molar-refractivity contribution >= 4 is 5.91 Å². The lowest BCUT2D eigenvalue weighted by molar-refractivity contribution is 0.0769. The summed E-state index contributed by atoms with van der Waals surface area (Å²) < 4.78 is 5.34. The van der Waals surface area contributed by atoms with Crippen LogP contribution >= 0.6 is 0 Å². The molecule has 0 radical (unpaired) electrons. The highest BCUT2D eigenvalue weighted by atomic mass is 16.5. The molecule has 3 heteroatoms. The van der Waals surface area contributed by atoms with Gasteiger partial charge in [-0.25, -0.2) is 0 Å². The molecule has 1 aromatic carbocycles. The molecule has 0 heterocycles. The first-order valence-corrected chi connectivity index (χ1v) is 5.99. The van der Waals surface area contributed by atoms with Crippen LogP contribution < -0.4 is 4.74 Å². The number of benzene rings is 1. The SMILES string of the molecule is CCN(CC)C(=O)c1cc(C)cc(C)c1OC. The number of rotatable bonds is 4. The van der Waals surface area contributed by atoms with Gasteiger partial charge in [0.2, 0.25) is 0 Å². The van der Waals surface area contributed by atoms with Crippen molar-refractivity contribution in [2.45, 2.75) is 27.7 Å². The molecule has 0 aliphatic rings. The van der Waals surface area contributed by atoms with Gasteiger partial charge in [-0.1, -0.05) is 6.07 Å². The van der Waals surface area contributed by atoms with Crippen molar-refractivity contribution in [2.75, 3.05) is 20.2 Å². The summed E-state index contributed by atoms with van der Waals surface area (Å²) in [5.41, 5.74) is 2.75. The normalized spacial score (nSPS) is 10.2. The number of methoxy groups -OCH3 is 1. The highest BCUT2D eigenvalue weighted by molar-refractivity contribution is 5.97. The number of aryl methyl sites for hydroxylation is 2. The highest BCUT2D eigenvalue weighted by Gasteiger charge is 2.18. The van der Waals surface area contributed by atoms with Gasteiger partial charge in [0.1, 0.15) is 5.75 Å². The molecule has 0 spiro atoms. The van der Waals surface area contributed by atoms with E-state index in [1.807, 2.05) is 39.8 Å². The van der Waals surface area contributed by atoms with Gasteiger partial charge in [-0.05, 0) is 44.9 Å². The lowest BCUT2D eigenvalue weighted by Gasteiger charge is -2.21. The van der Waals surface area contributed by atoms with Crippen LogP contribution in [0.25, 0.3) is 0 Å². The number of hydrogen-bond donors (Lipinski definition) is 0. The van der Waals surface area contributed by atoms with E-state index >= 15 is 0 Å². The third-order valence-electron chi connectivity index (χ3n) is 2.90. The Morgan fingerprint density at radius 3 is 2.29 bits per heavy atom. The number of amides is 1. The zero-order valence-electron chi connectivity index (χ0n) is 11.3. The van der Waals surface area contributed by atoms with Crippen molar-refractivity contribution in [3.05, 3.63) is 28.8 Å². The van der Waals surface area contributed by atoms with Gasteiger partial charge in [0.25, 0.3) is 5.91 Å². The van der Waals surface area contributed by atoms with Crippen LogP contribution in [0.3, 0.4) is 0 Å². The molecule has 1 rings (SSSR count). The predicted molar refractivity (Wildman–Crippen MR) is 69.7 cm³/mol. The molecule has 0 aromatic heterocycles. The van der Waals surface area contributed by atoms with Crippen LogP contribution in [0.5, 0.6) is 5.75 Å². The fourth-order valence-corrected chi connectivity index (χ4v) is 2.07. The Hall–Kier alpha value is -1.51. The maximum Gasteiger partial charge on any atom is 0.257 e. The van der Waals surface area contributed by atoms with Gasteiger partial charge in [0.05, 0.1) is 12.7 Å². The smallest absolute Gasteiger partial charge is 0.257 e. The lowest BCUT2D eigenvalue weighted by atomic mass is 10.0. The van der Waals surface area contributed by atoms with Crippen molar-refractivity contribution < 1.29 is 9.53 Å². The fourth-order valence-electron chi connectivity index (χ4n) is 2.07. The minimum absolute atomic E-state index is 0.0404. The Morgan fingerprint density at radius 2 is 1.82 bits per heavy atom. The number of ether oxygens (including phenoxy) is 1. The highest BCUT2D eigenvalue weighted by Crippen LogP contribution is 2.26. The molecule has 0 fully saturated rings. The molecule has 0 saturated carbocycles. The molecule has 94 valence electrons. The second-order valence-electron chi connectivity index (χ2n) is 4.14.